The summed E-state index contributed by atoms with van der Waals surface area (Å²) in [5.74, 6) is 0.314. The molecule has 0 spiro atoms. The summed E-state index contributed by atoms with van der Waals surface area (Å²) >= 11 is 12.2. The summed E-state index contributed by atoms with van der Waals surface area (Å²) in [7, 11) is 0. The number of carbonyl (C=O) groups excluding carboxylic acids is 1. The van der Waals surface area contributed by atoms with Gasteiger partial charge in [0.1, 0.15) is 0 Å². The second kappa shape index (κ2) is 9.86. The minimum atomic E-state index is -0.100. The number of benzene rings is 1. The van der Waals surface area contributed by atoms with Crippen LogP contribution < -0.4 is 10.6 Å². The van der Waals surface area contributed by atoms with Gasteiger partial charge >= 0.3 is 0 Å². The summed E-state index contributed by atoms with van der Waals surface area (Å²) in [6.07, 6.45) is 3.72. The van der Waals surface area contributed by atoms with Crippen LogP contribution in [0.4, 0.5) is 0 Å². The first-order valence-electron chi connectivity index (χ1n) is 8.46. The summed E-state index contributed by atoms with van der Waals surface area (Å²) in [6.45, 7) is 6.81. The Kier molecular flexibility index (Phi) is 8.86. The molecule has 2 N–H and O–H groups in total. The average molecular weight is 394 g/mol. The zero-order chi connectivity index (χ0) is 16.9. The van der Waals surface area contributed by atoms with Crippen LogP contribution in [0.15, 0.2) is 18.2 Å². The minimum absolute atomic E-state index is 0. The first kappa shape index (κ1) is 21.6. The van der Waals surface area contributed by atoms with Crippen molar-refractivity contribution >= 4 is 41.5 Å². The van der Waals surface area contributed by atoms with Crippen LogP contribution in [0, 0.1) is 5.92 Å². The van der Waals surface area contributed by atoms with Crippen LogP contribution in [0.5, 0.6) is 0 Å². The standard InChI is InChI=1S/C18H26Cl2N2O.ClH/c1-3-18(4-2,14-5-6-15(19)16(20)11-14)12-22-17(23)13-7-9-21-10-8-13;/h5-6,11,13,21H,3-4,7-10,12H2,1-2H3,(H,22,23);1H. The number of carbonyl (C=O) groups is 1. The van der Waals surface area contributed by atoms with Gasteiger partial charge in [-0.25, -0.2) is 0 Å². The smallest absolute Gasteiger partial charge is 0.223 e. The highest BCUT2D eigenvalue weighted by molar-refractivity contribution is 6.42. The molecule has 6 heteroatoms. The van der Waals surface area contributed by atoms with Gasteiger partial charge in [-0.1, -0.05) is 43.1 Å². The lowest BCUT2D eigenvalue weighted by Crippen LogP contribution is -2.44. The van der Waals surface area contributed by atoms with E-state index in [0.29, 0.717) is 16.6 Å². The lowest BCUT2D eigenvalue weighted by Gasteiger charge is -2.34. The van der Waals surface area contributed by atoms with Crippen molar-refractivity contribution in [1.82, 2.24) is 10.6 Å². The number of hydrogen-bond donors (Lipinski definition) is 2. The van der Waals surface area contributed by atoms with Gasteiger partial charge in [0.05, 0.1) is 10.0 Å². The maximum absolute atomic E-state index is 12.4. The van der Waals surface area contributed by atoms with Crippen LogP contribution in [0.25, 0.3) is 0 Å². The first-order valence-corrected chi connectivity index (χ1v) is 9.22. The third-order valence-electron chi connectivity index (χ3n) is 5.20. The molecule has 1 fully saturated rings. The molecule has 2 rings (SSSR count). The summed E-state index contributed by atoms with van der Waals surface area (Å²) in [5, 5.41) is 7.61. The Morgan fingerprint density at radius 3 is 2.38 bits per heavy atom. The molecule has 136 valence electrons. The van der Waals surface area contributed by atoms with Crippen molar-refractivity contribution < 1.29 is 4.79 Å². The fourth-order valence-corrected chi connectivity index (χ4v) is 3.62. The highest BCUT2D eigenvalue weighted by Crippen LogP contribution is 2.35. The fourth-order valence-electron chi connectivity index (χ4n) is 3.32. The molecule has 0 aromatic heterocycles. The van der Waals surface area contributed by atoms with Gasteiger partial charge in [-0.15, -0.1) is 12.4 Å². The topological polar surface area (TPSA) is 41.1 Å². The Hall–Kier alpha value is -0.480. The third-order valence-corrected chi connectivity index (χ3v) is 5.94. The van der Waals surface area contributed by atoms with Crippen molar-refractivity contribution in [2.45, 2.75) is 44.9 Å². The number of hydrogen-bond acceptors (Lipinski definition) is 2. The predicted molar refractivity (Wildman–Crippen MR) is 105 cm³/mol. The van der Waals surface area contributed by atoms with Gasteiger partial charge in [0.2, 0.25) is 5.91 Å². The zero-order valence-corrected chi connectivity index (χ0v) is 16.7. The summed E-state index contributed by atoms with van der Waals surface area (Å²) in [6, 6.07) is 5.80. The highest BCUT2D eigenvalue weighted by atomic mass is 35.5. The fraction of sp³-hybridized carbons (Fsp3) is 0.611. The predicted octanol–water partition coefficient (Wildman–Crippen LogP) is 4.59. The van der Waals surface area contributed by atoms with Crippen molar-refractivity contribution in [3.63, 3.8) is 0 Å². The SMILES string of the molecule is CCC(CC)(CNC(=O)C1CCNCC1)c1ccc(Cl)c(Cl)c1.Cl. The molecule has 1 aromatic carbocycles. The first-order chi connectivity index (χ1) is 11.0. The second-order valence-corrected chi connectivity index (χ2v) is 7.17. The van der Waals surface area contributed by atoms with Crippen LogP contribution in [-0.2, 0) is 10.2 Å². The van der Waals surface area contributed by atoms with Crippen LogP contribution in [0.2, 0.25) is 10.0 Å². The van der Waals surface area contributed by atoms with Gasteiger partial charge in [0.15, 0.2) is 0 Å². The van der Waals surface area contributed by atoms with E-state index in [1.54, 1.807) is 0 Å². The summed E-state index contributed by atoms with van der Waals surface area (Å²) in [5.41, 5.74) is 1.04. The number of nitrogens with one attached hydrogen (secondary N) is 2. The largest absolute Gasteiger partial charge is 0.355 e. The van der Waals surface area contributed by atoms with Crippen LogP contribution in [-0.4, -0.2) is 25.5 Å². The van der Waals surface area contributed by atoms with E-state index in [-0.39, 0.29) is 29.6 Å². The van der Waals surface area contributed by atoms with E-state index in [1.807, 2.05) is 18.2 Å². The number of rotatable bonds is 6. The van der Waals surface area contributed by atoms with Crippen molar-refractivity contribution in [1.29, 1.82) is 0 Å². The number of halogens is 3. The van der Waals surface area contributed by atoms with Gasteiger partial charge in [0, 0.05) is 17.9 Å². The van der Waals surface area contributed by atoms with E-state index >= 15 is 0 Å². The molecular formula is C18H27Cl3N2O. The Labute approximate surface area is 161 Å². The van der Waals surface area contributed by atoms with Crippen LogP contribution in [0.1, 0.15) is 45.1 Å². The van der Waals surface area contributed by atoms with Crippen molar-refractivity contribution in [2.24, 2.45) is 5.92 Å². The quantitative estimate of drug-likeness (QED) is 0.742. The lowest BCUT2D eigenvalue weighted by atomic mass is 9.75. The highest BCUT2D eigenvalue weighted by Gasteiger charge is 2.31. The van der Waals surface area contributed by atoms with Crippen molar-refractivity contribution in [3.8, 4) is 0 Å². The zero-order valence-electron chi connectivity index (χ0n) is 14.3. The third kappa shape index (κ3) is 5.01. The molecule has 0 saturated carbocycles. The lowest BCUT2D eigenvalue weighted by molar-refractivity contribution is -0.126. The molecule has 0 unspecified atom stereocenters. The van der Waals surface area contributed by atoms with E-state index < -0.39 is 0 Å². The molecule has 0 bridgehead atoms. The Morgan fingerprint density at radius 1 is 1.21 bits per heavy atom. The molecule has 1 aliphatic heterocycles. The average Bonchev–Trinajstić information content (AvgIpc) is 2.59. The molecule has 1 aromatic rings. The maximum Gasteiger partial charge on any atom is 0.223 e. The molecule has 0 atom stereocenters. The molecule has 1 heterocycles. The Balaban J connectivity index is 0.00000288. The summed E-state index contributed by atoms with van der Waals surface area (Å²) < 4.78 is 0. The molecular weight excluding hydrogens is 367 g/mol. The molecule has 3 nitrogen and oxygen atoms in total. The Bertz CT molecular complexity index is 541. The molecule has 1 aliphatic rings. The minimum Gasteiger partial charge on any atom is -0.355 e. The van der Waals surface area contributed by atoms with Crippen molar-refractivity contribution in [2.75, 3.05) is 19.6 Å². The normalized spacial score (nSPS) is 15.7. The van der Waals surface area contributed by atoms with E-state index in [0.717, 1.165) is 44.3 Å². The van der Waals surface area contributed by atoms with Gasteiger partial charge in [0.25, 0.3) is 0 Å². The van der Waals surface area contributed by atoms with Crippen molar-refractivity contribution in [3.05, 3.63) is 33.8 Å². The van der Waals surface area contributed by atoms with E-state index in [2.05, 4.69) is 24.5 Å². The van der Waals surface area contributed by atoms with E-state index in [4.69, 9.17) is 23.2 Å². The van der Waals surface area contributed by atoms with Gasteiger partial charge < -0.3 is 10.6 Å². The van der Waals surface area contributed by atoms with Crippen LogP contribution >= 0.6 is 35.6 Å². The summed E-state index contributed by atoms with van der Waals surface area (Å²) in [4.78, 5) is 12.4. The molecule has 1 saturated heterocycles. The molecule has 0 aliphatic carbocycles. The van der Waals surface area contributed by atoms with Gasteiger partial charge in [-0.05, 0) is 56.5 Å². The number of piperidine rings is 1. The maximum atomic E-state index is 12.4. The molecule has 24 heavy (non-hydrogen) atoms. The van der Waals surface area contributed by atoms with Gasteiger partial charge in [-0.2, -0.15) is 0 Å². The molecule has 1 amide bonds. The van der Waals surface area contributed by atoms with E-state index in [9.17, 15) is 4.79 Å². The second-order valence-electron chi connectivity index (χ2n) is 6.36. The van der Waals surface area contributed by atoms with E-state index in [1.165, 1.54) is 0 Å². The Morgan fingerprint density at radius 2 is 1.83 bits per heavy atom. The molecule has 0 radical (unpaired) electrons. The number of amides is 1. The van der Waals surface area contributed by atoms with Crippen LogP contribution in [0.3, 0.4) is 0 Å². The monoisotopic (exact) mass is 392 g/mol. The van der Waals surface area contributed by atoms with Gasteiger partial charge in [-0.3, -0.25) is 4.79 Å².